The van der Waals surface area contributed by atoms with Gasteiger partial charge in [0.05, 0.1) is 16.9 Å². The molecule has 2 fully saturated rings. The van der Waals surface area contributed by atoms with Crippen molar-refractivity contribution in [2.24, 2.45) is 7.05 Å². The molecule has 1 saturated carbocycles. The molecule has 0 spiro atoms. The van der Waals surface area contributed by atoms with Crippen LogP contribution in [0.1, 0.15) is 40.6 Å². The van der Waals surface area contributed by atoms with Crippen LogP contribution in [0, 0.1) is 6.92 Å². The first kappa shape index (κ1) is 22.5. The van der Waals surface area contributed by atoms with Crippen molar-refractivity contribution in [3.8, 4) is 0 Å². The van der Waals surface area contributed by atoms with E-state index < -0.39 is 0 Å². The summed E-state index contributed by atoms with van der Waals surface area (Å²) in [5.41, 5.74) is 1.86. The van der Waals surface area contributed by atoms with E-state index in [2.05, 4.69) is 42.4 Å². The molecular formula is C23H28ClN9O. The Kier molecular flexibility index (Phi) is 6.09. The van der Waals surface area contributed by atoms with Gasteiger partial charge in [0.1, 0.15) is 11.5 Å². The second-order valence-corrected chi connectivity index (χ2v) is 9.33. The summed E-state index contributed by atoms with van der Waals surface area (Å²) in [5.74, 6) is 2.50. The largest absolute Gasteiger partial charge is 0.338 e. The predicted octanol–water partition coefficient (Wildman–Crippen LogP) is 3.19. The van der Waals surface area contributed by atoms with Crippen LogP contribution in [0.5, 0.6) is 0 Å². The van der Waals surface area contributed by atoms with Crippen LogP contribution in [0.2, 0.25) is 5.02 Å². The number of rotatable bonds is 6. The van der Waals surface area contributed by atoms with Gasteiger partial charge in [-0.3, -0.25) is 10.1 Å². The average Bonchev–Trinajstić information content (AvgIpc) is 3.61. The summed E-state index contributed by atoms with van der Waals surface area (Å²) in [6.45, 7) is 5.58. The van der Waals surface area contributed by atoms with Crippen LogP contribution in [0.25, 0.3) is 0 Å². The summed E-state index contributed by atoms with van der Waals surface area (Å²) in [5, 5.41) is 6.57. The summed E-state index contributed by atoms with van der Waals surface area (Å²) < 4.78 is 1.68. The zero-order chi connectivity index (χ0) is 23.8. The molecule has 0 bridgehead atoms. The molecular weight excluding hydrogens is 454 g/mol. The molecule has 34 heavy (non-hydrogen) atoms. The Hall–Kier alpha value is -3.24. The normalized spacial score (nSPS) is 16.5. The summed E-state index contributed by atoms with van der Waals surface area (Å²) in [6.07, 6.45) is 3.72. The van der Waals surface area contributed by atoms with Gasteiger partial charge in [-0.2, -0.15) is 15.0 Å². The second kappa shape index (κ2) is 9.19. The fourth-order valence-electron chi connectivity index (χ4n) is 3.91. The molecule has 0 radical (unpaired) electrons. The summed E-state index contributed by atoms with van der Waals surface area (Å²) >= 11 is 6.27. The highest BCUT2D eigenvalue weighted by atomic mass is 35.5. The number of anilines is 4. The molecule has 2 aromatic heterocycles. The minimum absolute atomic E-state index is 0.299. The van der Waals surface area contributed by atoms with E-state index in [4.69, 9.17) is 16.6 Å². The Morgan fingerprint density at radius 2 is 1.85 bits per heavy atom. The first-order valence-corrected chi connectivity index (χ1v) is 11.8. The van der Waals surface area contributed by atoms with Crippen molar-refractivity contribution in [2.45, 2.75) is 25.7 Å². The molecule has 5 rings (SSSR count). The van der Waals surface area contributed by atoms with Crippen molar-refractivity contribution >= 4 is 41.0 Å². The number of aromatic nitrogens is 5. The van der Waals surface area contributed by atoms with Crippen LogP contribution in [0.15, 0.2) is 24.4 Å². The zero-order valence-electron chi connectivity index (χ0n) is 19.5. The monoisotopic (exact) mass is 481 g/mol. The van der Waals surface area contributed by atoms with Crippen LogP contribution in [0.4, 0.5) is 23.5 Å². The maximum Gasteiger partial charge on any atom is 0.274 e. The van der Waals surface area contributed by atoms with Crippen molar-refractivity contribution in [1.82, 2.24) is 29.4 Å². The maximum atomic E-state index is 12.9. The number of nitrogens with zero attached hydrogens (tertiary/aromatic N) is 7. The molecule has 11 heteroatoms. The lowest BCUT2D eigenvalue weighted by Crippen LogP contribution is -2.45. The van der Waals surface area contributed by atoms with Crippen molar-refractivity contribution in [1.29, 1.82) is 0 Å². The number of imidazole rings is 1. The van der Waals surface area contributed by atoms with E-state index in [1.807, 2.05) is 19.1 Å². The highest BCUT2D eigenvalue weighted by molar-refractivity contribution is 6.34. The molecule has 1 aliphatic heterocycles. The molecule has 1 amide bonds. The number of aryl methyl sites for hydroxylation is 1. The Labute approximate surface area is 203 Å². The van der Waals surface area contributed by atoms with Crippen LogP contribution in [0.3, 0.4) is 0 Å². The van der Waals surface area contributed by atoms with Gasteiger partial charge in [0.25, 0.3) is 5.91 Å². The molecule has 3 aromatic rings. The third-order valence-corrected chi connectivity index (χ3v) is 6.59. The van der Waals surface area contributed by atoms with Gasteiger partial charge < -0.3 is 19.7 Å². The van der Waals surface area contributed by atoms with Gasteiger partial charge >= 0.3 is 0 Å². The maximum absolute atomic E-state index is 12.9. The quantitative estimate of drug-likeness (QED) is 0.553. The molecule has 178 valence electrons. The number of halogens is 1. The minimum atomic E-state index is -0.299. The molecule has 0 atom stereocenters. The first-order valence-electron chi connectivity index (χ1n) is 11.4. The number of carbonyl (C=O) groups is 1. The number of carbonyl (C=O) groups excluding carboxylic acids is 1. The highest BCUT2D eigenvalue weighted by Crippen LogP contribution is 2.39. The highest BCUT2D eigenvalue weighted by Gasteiger charge is 2.29. The lowest BCUT2D eigenvalue weighted by molar-refractivity contribution is 0.101. The number of piperazine rings is 1. The van der Waals surface area contributed by atoms with Gasteiger partial charge in [-0.1, -0.05) is 23.7 Å². The number of likely N-dealkylation sites (N-methyl/N-ethyl adjacent to an activating group) is 1. The zero-order valence-corrected chi connectivity index (χ0v) is 20.3. The SMILES string of the molecule is Cc1cccc(Cl)c1NC(=O)c1cnc(Nc2nc(C3CC3)nc(N3CCN(C)CC3)n2)n1C. The van der Waals surface area contributed by atoms with Crippen molar-refractivity contribution in [3.05, 3.63) is 46.5 Å². The number of benzene rings is 1. The van der Waals surface area contributed by atoms with E-state index in [1.54, 1.807) is 17.7 Å². The molecule has 10 nitrogen and oxygen atoms in total. The molecule has 1 saturated heterocycles. The smallest absolute Gasteiger partial charge is 0.274 e. The van der Waals surface area contributed by atoms with Crippen LogP contribution >= 0.6 is 11.6 Å². The Balaban J connectivity index is 1.37. The van der Waals surface area contributed by atoms with E-state index in [1.165, 1.54) is 6.20 Å². The molecule has 2 N–H and O–H groups in total. The van der Waals surface area contributed by atoms with Gasteiger partial charge in [-0.05, 0) is 38.4 Å². The Morgan fingerprint density at radius 3 is 2.56 bits per heavy atom. The lowest BCUT2D eigenvalue weighted by atomic mass is 10.2. The predicted molar refractivity (Wildman–Crippen MR) is 132 cm³/mol. The van der Waals surface area contributed by atoms with Gasteiger partial charge in [0.2, 0.25) is 17.8 Å². The van der Waals surface area contributed by atoms with Gasteiger partial charge in [0.15, 0.2) is 0 Å². The topological polar surface area (TPSA) is 104 Å². The van der Waals surface area contributed by atoms with Crippen molar-refractivity contribution in [3.63, 3.8) is 0 Å². The fraction of sp³-hybridized carbons (Fsp3) is 0.435. The number of hydrogen-bond donors (Lipinski definition) is 2. The van der Waals surface area contributed by atoms with Crippen molar-refractivity contribution in [2.75, 3.05) is 48.8 Å². The lowest BCUT2D eigenvalue weighted by Gasteiger charge is -2.32. The fourth-order valence-corrected chi connectivity index (χ4v) is 4.18. The molecule has 0 unspecified atom stereocenters. The summed E-state index contributed by atoms with van der Waals surface area (Å²) in [6, 6.07) is 5.49. The van der Waals surface area contributed by atoms with Crippen molar-refractivity contribution < 1.29 is 4.79 Å². The summed E-state index contributed by atoms with van der Waals surface area (Å²) in [7, 11) is 3.89. The third kappa shape index (κ3) is 4.69. The van der Waals surface area contributed by atoms with E-state index in [0.29, 0.717) is 40.2 Å². The van der Waals surface area contributed by atoms with E-state index in [9.17, 15) is 4.79 Å². The van der Waals surface area contributed by atoms with Crippen LogP contribution < -0.4 is 15.5 Å². The number of nitrogens with one attached hydrogen (secondary N) is 2. The molecule has 1 aromatic carbocycles. The van der Waals surface area contributed by atoms with Crippen LogP contribution in [-0.4, -0.2) is 68.5 Å². The Bertz CT molecular complexity index is 1190. The first-order chi connectivity index (χ1) is 16.4. The molecule has 3 heterocycles. The number of hydrogen-bond acceptors (Lipinski definition) is 8. The van der Waals surface area contributed by atoms with E-state index >= 15 is 0 Å². The number of amides is 1. The van der Waals surface area contributed by atoms with E-state index in [0.717, 1.165) is 50.4 Å². The van der Waals surface area contributed by atoms with Gasteiger partial charge in [0, 0.05) is 39.1 Å². The van der Waals surface area contributed by atoms with E-state index in [-0.39, 0.29) is 5.91 Å². The molecule has 2 aliphatic rings. The van der Waals surface area contributed by atoms with Gasteiger partial charge in [-0.15, -0.1) is 0 Å². The number of para-hydroxylation sites is 1. The summed E-state index contributed by atoms with van der Waals surface area (Å²) in [4.78, 5) is 35.9. The average molecular weight is 482 g/mol. The standard InChI is InChI=1S/C23H28ClN9O/c1-14-5-4-6-16(24)18(14)26-20(34)17-13-25-22(32(17)3)29-21-27-19(15-7-8-15)28-23(30-21)33-11-9-31(2)10-12-33/h4-6,13,15H,7-12H2,1-3H3,(H,26,34)(H,25,27,28,29,30). The third-order valence-electron chi connectivity index (χ3n) is 6.27. The second-order valence-electron chi connectivity index (χ2n) is 8.92. The van der Waals surface area contributed by atoms with Gasteiger partial charge in [-0.25, -0.2) is 4.98 Å². The van der Waals surface area contributed by atoms with Crippen LogP contribution in [-0.2, 0) is 7.05 Å². The minimum Gasteiger partial charge on any atom is -0.338 e. The Morgan fingerprint density at radius 1 is 1.09 bits per heavy atom. The molecule has 1 aliphatic carbocycles.